The minimum absolute atomic E-state index is 0.0691. The first-order valence-corrected chi connectivity index (χ1v) is 9.39. The van der Waals surface area contributed by atoms with Crippen LogP contribution >= 0.6 is 0 Å². The van der Waals surface area contributed by atoms with E-state index in [0.717, 1.165) is 18.4 Å². The van der Waals surface area contributed by atoms with Crippen LogP contribution in [0, 0.1) is 0 Å². The molecule has 7 heteroatoms. The van der Waals surface area contributed by atoms with Gasteiger partial charge in [-0.25, -0.2) is 0 Å². The van der Waals surface area contributed by atoms with E-state index in [1.807, 2.05) is 19.9 Å². The maximum absolute atomic E-state index is 13.3. The Morgan fingerprint density at radius 1 is 1.19 bits per heavy atom. The lowest BCUT2D eigenvalue weighted by molar-refractivity contribution is -0.142. The number of benzene rings is 1. The number of rotatable bonds is 5. The molecule has 4 nitrogen and oxygen atoms in total. The SMILES string of the molecule is CCN(CC)C(=O)c1cccc(Cn2nc(C(F)(F)F)c3c2CCCC3)c1. The van der Waals surface area contributed by atoms with Crippen LogP contribution < -0.4 is 0 Å². The monoisotopic (exact) mass is 379 g/mol. The summed E-state index contributed by atoms with van der Waals surface area (Å²) in [5.74, 6) is -0.0691. The third kappa shape index (κ3) is 4.01. The molecule has 0 spiro atoms. The van der Waals surface area contributed by atoms with Crippen molar-refractivity contribution in [3.05, 3.63) is 52.3 Å². The van der Waals surface area contributed by atoms with E-state index in [-0.39, 0.29) is 12.5 Å². The van der Waals surface area contributed by atoms with E-state index >= 15 is 0 Å². The Bertz CT molecular complexity index is 822. The lowest BCUT2D eigenvalue weighted by Crippen LogP contribution is -2.30. The number of carbonyl (C=O) groups excluding carboxylic acids is 1. The Kier molecular flexibility index (Phi) is 5.58. The number of alkyl halides is 3. The summed E-state index contributed by atoms with van der Waals surface area (Å²) in [6, 6.07) is 7.09. The zero-order valence-corrected chi connectivity index (χ0v) is 15.6. The summed E-state index contributed by atoms with van der Waals surface area (Å²) < 4.78 is 41.5. The molecule has 0 atom stereocenters. The van der Waals surface area contributed by atoms with Gasteiger partial charge in [-0.2, -0.15) is 18.3 Å². The molecule has 2 aromatic rings. The molecular weight excluding hydrogens is 355 g/mol. The first-order chi connectivity index (χ1) is 12.8. The van der Waals surface area contributed by atoms with Gasteiger partial charge in [0.1, 0.15) is 0 Å². The molecule has 1 aromatic carbocycles. The third-order valence-electron chi connectivity index (χ3n) is 5.08. The van der Waals surface area contributed by atoms with Gasteiger partial charge in [0.05, 0.1) is 6.54 Å². The maximum Gasteiger partial charge on any atom is 0.435 e. The van der Waals surface area contributed by atoms with Crippen molar-refractivity contribution in [3.63, 3.8) is 0 Å². The van der Waals surface area contributed by atoms with Crippen LogP contribution in [0.15, 0.2) is 24.3 Å². The topological polar surface area (TPSA) is 38.1 Å². The van der Waals surface area contributed by atoms with Gasteiger partial charge in [0.2, 0.25) is 0 Å². The zero-order chi connectivity index (χ0) is 19.6. The summed E-state index contributed by atoms with van der Waals surface area (Å²) in [6.07, 6.45) is -1.78. The lowest BCUT2D eigenvalue weighted by Gasteiger charge is -2.19. The second kappa shape index (κ2) is 7.74. The van der Waals surface area contributed by atoms with E-state index in [1.54, 1.807) is 23.1 Å². The average molecular weight is 379 g/mol. The van der Waals surface area contributed by atoms with Crippen LogP contribution in [0.4, 0.5) is 13.2 Å². The Morgan fingerprint density at radius 2 is 1.89 bits per heavy atom. The second-order valence-corrected chi connectivity index (χ2v) is 6.81. The molecule has 0 saturated carbocycles. The molecule has 3 rings (SSSR count). The van der Waals surface area contributed by atoms with Gasteiger partial charge in [0, 0.05) is 29.9 Å². The van der Waals surface area contributed by atoms with Gasteiger partial charge in [-0.1, -0.05) is 12.1 Å². The molecule has 0 unspecified atom stereocenters. The van der Waals surface area contributed by atoms with Crippen molar-refractivity contribution < 1.29 is 18.0 Å². The van der Waals surface area contributed by atoms with Gasteiger partial charge in [0.25, 0.3) is 5.91 Å². The minimum atomic E-state index is -4.44. The molecular formula is C20H24F3N3O. The first kappa shape index (κ1) is 19.5. The first-order valence-electron chi connectivity index (χ1n) is 9.39. The third-order valence-corrected chi connectivity index (χ3v) is 5.08. The molecule has 1 aromatic heterocycles. The minimum Gasteiger partial charge on any atom is -0.339 e. The van der Waals surface area contributed by atoms with Crippen molar-refractivity contribution in [2.75, 3.05) is 13.1 Å². The van der Waals surface area contributed by atoms with E-state index in [2.05, 4.69) is 5.10 Å². The molecule has 1 aliphatic carbocycles. The number of hydrogen-bond acceptors (Lipinski definition) is 2. The summed E-state index contributed by atoms with van der Waals surface area (Å²) in [4.78, 5) is 14.3. The van der Waals surface area contributed by atoms with E-state index < -0.39 is 11.9 Å². The Balaban J connectivity index is 1.91. The standard InChI is InChI=1S/C20H24F3N3O/c1-3-25(4-2)19(27)15-9-7-8-14(12-15)13-26-17-11-6-5-10-16(17)18(24-26)20(21,22)23/h7-9,12H,3-6,10-11,13H2,1-2H3. The van der Waals surface area contributed by atoms with Crippen LogP contribution in [0.25, 0.3) is 0 Å². The smallest absolute Gasteiger partial charge is 0.339 e. The van der Waals surface area contributed by atoms with Crippen molar-refractivity contribution in [1.82, 2.24) is 14.7 Å². The Morgan fingerprint density at radius 3 is 2.56 bits per heavy atom. The molecule has 0 radical (unpaired) electrons. The van der Waals surface area contributed by atoms with Gasteiger partial charge >= 0.3 is 6.18 Å². The van der Waals surface area contributed by atoms with Crippen molar-refractivity contribution in [3.8, 4) is 0 Å². The molecule has 0 fully saturated rings. The van der Waals surface area contributed by atoms with E-state index in [0.29, 0.717) is 42.8 Å². The van der Waals surface area contributed by atoms with Crippen molar-refractivity contribution in [2.45, 2.75) is 52.3 Å². The highest BCUT2D eigenvalue weighted by Gasteiger charge is 2.39. The fourth-order valence-electron chi connectivity index (χ4n) is 3.70. The van der Waals surface area contributed by atoms with E-state index in [9.17, 15) is 18.0 Å². The molecule has 146 valence electrons. The molecule has 27 heavy (non-hydrogen) atoms. The fraction of sp³-hybridized carbons (Fsp3) is 0.500. The van der Waals surface area contributed by atoms with Gasteiger partial charge in [-0.05, 0) is 57.2 Å². The second-order valence-electron chi connectivity index (χ2n) is 6.81. The predicted octanol–water partition coefficient (Wildman–Crippen LogP) is 4.31. The zero-order valence-electron chi connectivity index (χ0n) is 15.6. The van der Waals surface area contributed by atoms with Gasteiger partial charge < -0.3 is 4.90 Å². The normalized spacial score (nSPS) is 14.1. The number of amides is 1. The largest absolute Gasteiger partial charge is 0.435 e. The highest BCUT2D eigenvalue weighted by Crippen LogP contribution is 2.36. The number of aromatic nitrogens is 2. The van der Waals surface area contributed by atoms with E-state index in [1.165, 1.54) is 4.68 Å². The van der Waals surface area contributed by atoms with Crippen LogP contribution in [0.2, 0.25) is 0 Å². The highest BCUT2D eigenvalue weighted by molar-refractivity contribution is 5.94. The molecule has 0 N–H and O–H groups in total. The van der Waals surface area contributed by atoms with Crippen molar-refractivity contribution in [2.24, 2.45) is 0 Å². The van der Waals surface area contributed by atoms with Crippen LogP contribution in [-0.4, -0.2) is 33.7 Å². The Labute approximate surface area is 157 Å². The lowest BCUT2D eigenvalue weighted by atomic mass is 9.95. The molecule has 1 amide bonds. The molecule has 1 aliphatic rings. The fourth-order valence-corrected chi connectivity index (χ4v) is 3.70. The van der Waals surface area contributed by atoms with Crippen molar-refractivity contribution in [1.29, 1.82) is 0 Å². The average Bonchev–Trinajstić information content (AvgIpc) is 3.02. The molecule has 1 heterocycles. The molecule has 0 saturated heterocycles. The Hall–Kier alpha value is -2.31. The van der Waals surface area contributed by atoms with Gasteiger partial charge in [-0.3, -0.25) is 9.48 Å². The van der Waals surface area contributed by atoms with Crippen LogP contribution in [0.1, 0.15) is 59.6 Å². The van der Waals surface area contributed by atoms with Gasteiger partial charge in [-0.15, -0.1) is 0 Å². The molecule has 0 aliphatic heterocycles. The maximum atomic E-state index is 13.3. The van der Waals surface area contributed by atoms with E-state index in [4.69, 9.17) is 0 Å². The van der Waals surface area contributed by atoms with Crippen molar-refractivity contribution >= 4 is 5.91 Å². The number of nitrogens with zero attached hydrogens (tertiary/aromatic N) is 3. The number of halogens is 3. The van der Waals surface area contributed by atoms with Crippen LogP contribution in [-0.2, 0) is 25.6 Å². The summed E-state index contributed by atoms with van der Waals surface area (Å²) in [7, 11) is 0. The van der Waals surface area contributed by atoms with Gasteiger partial charge in [0.15, 0.2) is 5.69 Å². The predicted molar refractivity (Wildman–Crippen MR) is 96.7 cm³/mol. The van der Waals surface area contributed by atoms with Crippen LogP contribution in [0.5, 0.6) is 0 Å². The summed E-state index contributed by atoms with van der Waals surface area (Å²) in [5, 5.41) is 3.90. The highest BCUT2D eigenvalue weighted by atomic mass is 19.4. The summed E-state index contributed by atoms with van der Waals surface area (Å²) >= 11 is 0. The summed E-state index contributed by atoms with van der Waals surface area (Å²) in [6.45, 7) is 5.29. The number of fused-ring (bicyclic) bond motifs is 1. The van der Waals surface area contributed by atoms with Crippen LogP contribution in [0.3, 0.4) is 0 Å². The number of hydrogen-bond donors (Lipinski definition) is 0. The number of carbonyl (C=O) groups is 1. The molecule has 0 bridgehead atoms. The summed E-state index contributed by atoms with van der Waals surface area (Å²) in [5.41, 5.74) is 1.58. The quantitative estimate of drug-likeness (QED) is 0.776.